The minimum atomic E-state index is -4.29. The van der Waals surface area contributed by atoms with Crippen molar-refractivity contribution in [2.45, 2.75) is 193 Å². The summed E-state index contributed by atoms with van der Waals surface area (Å²) < 4.78 is 33.5. The standard InChI is InChI=1S/C50H88NO7P/c1-3-5-7-9-11-13-15-17-19-21-23-24-25-27-29-31-33-35-37-39-41-43-50(52)58-49(48-57-59(53,54)56-46-44-51)47-55-45-42-40-38-36-34-32-30-28-26-22-20-18-16-14-12-10-8-6-4-2/h5,7,11,13-14,16-17,19-20,22-24,27,29,49H,3-4,6,8-10,12,15,18,21,25-26,28,30-48,51H2,1-2H3,(H,53,54)/b7-5-,13-11-,16-14-,19-17-,22-20-,24-23-,29-27-. The fourth-order valence-corrected chi connectivity index (χ4v) is 6.88. The summed E-state index contributed by atoms with van der Waals surface area (Å²) in [5.74, 6) is -0.353. The Morgan fingerprint density at radius 3 is 1.42 bits per heavy atom. The molecule has 0 saturated heterocycles. The first-order chi connectivity index (χ1) is 28.9. The van der Waals surface area contributed by atoms with Crippen LogP contribution in [0.2, 0.25) is 0 Å². The van der Waals surface area contributed by atoms with E-state index in [9.17, 15) is 14.3 Å². The molecule has 59 heavy (non-hydrogen) atoms. The average Bonchev–Trinajstić information content (AvgIpc) is 3.23. The third-order valence-corrected chi connectivity index (χ3v) is 10.5. The minimum Gasteiger partial charge on any atom is -0.457 e. The third-order valence-electron chi connectivity index (χ3n) is 9.55. The van der Waals surface area contributed by atoms with Gasteiger partial charge in [0, 0.05) is 19.6 Å². The minimum absolute atomic E-state index is 0.0913. The predicted molar refractivity (Wildman–Crippen MR) is 251 cm³/mol. The van der Waals surface area contributed by atoms with Crippen LogP contribution in [0.1, 0.15) is 187 Å². The quantitative estimate of drug-likeness (QED) is 0.0269. The number of hydrogen-bond acceptors (Lipinski definition) is 7. The maximum atomic E-state index is 12.6. The average molecular weight is 846 g/mol. The predicted octanol–water partition coefficient (Wildman–Crippen LogP) is 14.5. The molecule has 0 bridgehead atoms. The largest absolute Gasteiger partial charge is 0.472 e. The molecule has 0 fully saturated rings. The molecular weight excluding hydrogens is 758 g/mol. The SMILES string of the molecule is CC/C=C\C/C=C\C/C=C\C/C=C\C/C=C\CCCCCCCC(=O)OC(COCCCCCCCCCC/C=C\C/C=C\CCCCCC)COP(=O)(O)OCCN. The van der Waals surface area contributed by atoms with Crippen LogP contribution in [0.25, 0.3) is 0 Å². The first-order valence-electron chi connectivity index (χ1n) is 23.6. The van der Waals surface area contributed by atoms with Gasteiger partial charge in [-0.1, -0.05) is 176 Å². The van der Waals surface area contributed by atoms with Crippen LogP contribution in [0.15, 0.2) is 85.1 Å². The number of unbranched alkanes of at least 4 members (excludes halogenated alkanes) is 17. The topological polar surface area (TPSA) is 117 Å². The molecule has 0 aliphatic rings. The van der Waals surface area contributed by atoms with E-state index in [-0.39, 0.29) is 32.3 Å². The molecule has 0 aromatic rings. The van der Waals surface area contributed by atoms with Crippen LogP contribution >= 0.6 is 7.82 Å². The Bertz CT molecular complexity index is 1180. The lowest BCUT2D eigenvalue weighted by Gasteiger charge is -2.20. The molecule has 0 aromatic heterocycles. The zero-order chi connectivity index (χ0) is 43.0. The summed E-state index contributed by atoms with van der Waals surface area (Å²) in [5.41, 5.74) is 5.38. The molecule has 0 saturated carbocycles. The number of hydrogen-bond donors (Lipinski definition) is 2. The monoisotopic (exact) mass is 846 g/mol. The van der Waals surface area contributed by atoms with Crippen molar-refractivity contribution >= 4 is 13.8 Å². The highest BCUT2D eigenvalue weighted by molar-refractivity contribution is 7.47. The summed E-state index contributed by atoms with van der Waals surface area (Å²) >= 11 is 0. The third kappa shape index (κ3) is 46.6. The molecule has 340 valence electrons. The van der Waals surface area contributed by atoms with Crippen molar-refractivity contribution in [2.75, 3.05) is 33.0 Å². The van der Waals surface area contributed by atoms with Gasteiger partial charge in [0.25, 0.3) is 0 Å². The van der Waals surface area contributed by atoms with E-state index in [0.29, 0.717) is 13.0 Å². The van der Waals surface area contributed by atoms with Gasteiger partial charge in [-0.3, -0.25) is 13.8 Å². The van der Waals surface area contributed by atoms with Crippen LogP contribution in [-0.4, -0.2) is 49.9 Å². The Morgan fingerprint density at radius 2 is 0.949 bits per heavy atom. The van der Waals surface area contributed by atoms with Crippen molar-refractivity contribution in [1.82, 2.24) is 0 Å². The molecule has 0 rings (SSSR count). The summed E-state index contributed by atoms with van der Waals surface area (Å²) in [6.45, 7) is 4.74. The molecule has 8 nitrogen and oxygen atoms in total. The number of carbonyl (C=O) groups is 1. The fourth-order valence-electron chi connectivity index (χ4n) is 6.11. The Kier molecular flexibility index (Phi) is 44.9. The maximum Gasteiger partial charge on any atom is 0.472 e. The van der Waals surface area contributed by atoms with Crippen LogP contribution in [0, 0.1) is 0 Å². The van der Waals surface area contributed by atoms with Crippen LogP contribution in [0.3, 0.4) is 0 Å². The molecule has 0 aromatic carbocycles. The van der Waals surface area contributed by atoms with E-state index < -0.39 is 13.9 Å². The first kappa shape index (κ1) is 56.7. The highest BCUT2D eigenvalue weighted by Crippen LogP contribution is 2.43. The number of ether oxygens (including phenoxy) is 2. The van der Waals surface area contributed by atoms with E-state index in [1.807, 2.05) is 0 Å². The molecule has 0 aliphatic heterocycles. The van der Waals surface area contributed by atoms with Crippen LogP contribution < -0.4 is 5.73 Å². The van der Waals surface area contributed by atoms with E-state index in [2.05, 4.69) is 98.9 Å². The van der Waals surface area contributed by atoms with Crippen molar-refractivity contribution in [2.24, 2.45) is 5.73 Å². The van der Waals surface area contributed by atoms with Crippen LogP contribution in [0.5, 0.6) is 0 Å². The van der Waals surface area contributed by atoms with Gasteiger partial charge in [-0.25, -0.2) is 4.57 Å². The summed E-state index contributed by atoms with van der Waals surface area (Å²) in [4.78, 5) is 22.5. The molecule has 0 spiro atoms. The molecule has 3 N–H and O–H groups in total. The van der Waals surface area contributed by atoms with E-state index in [1.165, 1.54) is 77.0 Å². The van der Waals surface area contributed by atoms with Gasteiger partial charge in [-0.05, 0) is 89.9 Å². The zero-order valence-electron chi connectivity index (χ0n) is 37.7. The Balaban J connectivity index is 4.07. The second-order valence-electron chi connectivity index (χ2n) is 15.2. The van der Waals surface area contributed by atoms with Crippen LogP contribution in [0.4, 0.5) is 0 Å². The number of allylic oxidation sites excluding steroid dienone is 14. The van der Waals surface area contributed by atoms with Gasteiger partial charge in [-0.15, -0.1) is 0 Å². The lowest BCUT2D eigenvalue weighted by molar-refractivity contribution is -0.154. The molecule has 9 heteroatoms. The van der Waals surface area contributed by atoms with Crippen molar-refractivity contribution in [3.8, 4) is 0 Å². The first-order valence-corrected chi connectivity index (χ1v) is 25.1. The number of esters is 1. The van der Waals surface area contributed by atoms with Crippen molar-refractivity contribution in [3.05, 3.63) is 85.1 Å². The van der Waals surface area contributed by atoms with Crippen LogP contribution in [-0.2, 0) is 27.9 Å². The van der Waals surface area contributed by atoms with Gasteiger partial charge >= 0.3 is 13.8 Å². The Labute approximate surface area is 362 Å². The van der Waals surface area contributed by atoms with E-state index >= 15 is 0 Å². The maximum absolute atomic E-state index is 12.6. The number of phosphoric ester groups is 1. The van der Waals surface area contributed by atoms with Gasteiger partial charge < -0.3 is 20.1 Å². The smallest absolute Gasteiger partial charge is 0.457 e. The number of carbonyl (C=O) groups excluding carboxylic acids is 1. The summed E-state index contributed by atoms with van der Waals surface area (Å²) in [5, 5.41) is 0. The molecule has 0 radical (unpaired) electrons. The summed E-state index contributed by atoms with van der Waals surface area (Å²) in [7, 11) is -4.29. The molecular formula is C50H88NO7P. The summed E-state index contributed by atoms with van der Waals surface area (Å²) in [6, 6.07) is 0. The normalized spacial score (nSPS) is 14.2. The molecule has 0 heterocycles. The van der Waals surface area contributed by atoms with Gasteiger partial charge in [-0.2, -0.15) is 0 Å². The highest BCUT2D eigenvalue weighted by Gasteiger charge is 2.25. The molecule has 0 amide bonds. The lowest BCUT2D eigenvalue weighted by atomic mass is 10.1. The van der Waals surface area contributed by atoms with Gasteiger partial charge in [0.15, 0.2) is 0 Å². The van der Waals surface area contributed by atoms with Crippen molar-refractivity contribution < 1.29 is 32.8 Å². The van der Waals surface area contributed by atoms with E-state index in [4.69, 9.17) is 24.3 Å². The van der Waals surface area contributed by atoms with Crippen molar-refractivity contribution in [3.63, 3.8) is 0 Å². The van der Waals surface area contributed by atoms with Crippen molar-refractivity contribution in [1.29, 1.82) is 0 Å². The Hall–Kier alpha value is -2.32. The number of rotatable bonds is 44. The van der Waals surface area contributed by atoms with Gasteiger partial charge in [0.2, 0.25) is 0 Å². The molecule has 2 atom stereocenters. The second-order valence-corrected chi connectivity index (χ2v) is 16.7. The number of nitrogens with two attached hydrogens (primary N) is 1. The second kappa shape index (κ2) is 46.7. The van der Waals surface area contributed by atoms with Gasteiger partial charge in [0.1, 0.15) is 6.10 Å². The molecule has 2 unspecified atom stereocenters. The zero-order valence-corrected chi connectivity index (χ0v) is 38.6. The van der Waals surface area contributed by atoms with E-state index in [0.717, 1.165) is 89.9 Å². The van der Waals surface area contributed by atoms with Gasteiger partial charge in [0.05, 0.1) is 19.8 Å². The Morgan fingerprint density at radius 1 is 0.525 bits per heavy atom. The van der Waals surface area contributed by atoms with E-state index in [1.54, 1.807) is 0 Å². The lowest BCUT2D eigenvalue weighted by Crippen LogP contribution is -2.28. The fraction of sp³-hybridized carbons (Fsp3) is 0.700. The number of phosphoric acid groups is 1. The highest BCUT2D eigenvalue weighted by atomic mass is 31.2. The molecule has 0 aliphatic carbocycles. The summed E-state index contributed by atoms with van der Waals surface area (Å²) in [6.07, 6.45) is 60.3.